The van der Waals surface area contributed by atoms with E-state index < -0.39 is 0 Å². The van der Waals surface area contributed by atoms with E-state index >= 15 is 0 Å². The molecule has 1 unspecified atom stereocenters. The van der Waals surface area contributed by atoms with Gasteiger partial charge in [-0.15, -0.1) is 0 Å². The van der Waals surface area contributed by atoms with E-state index in [2.05, 4.69) is 16.9 Å². The number of hydrogen-bond acceptors (Lipinski definition) is 5. The summed E-state index contributed by atoms with van der Waals surface area (Å²) < 4.78 is 1.54. The number of thioether (sulfide) groups is 1. The Morgan fingerprint density at radius 3 is 3.05 bits per heavy atom. The first kappa shape index (κ1) is 14.4. The number of rotatable bonds is 6. The van der Waals surface area contributed by atoms with Crippen molar-refractivity contribution in [3.05, 3.63) is 22.6 Å². The van der Waals surface area contributed by atoms with E-state index in [-0.39, 0.29) is 5.56 Å². The molecule has 0 spiro atoms. The van der Waals surface area contributed by atoms with Crippen LogP contribution in [0.5, 0.6) is 0 Å². The SMILES string of the molecule is CCSCCn1ncc(N2CCC(CN)C2)cc1=O. The molecule has 106 valence electrons. The van der Waals surface area contributed by atoms with Crippen LogP contribution in [0.4, 0.5) is 5.69 Å². The quantitative estimate of drug-likeness (QED) is 0.781. The molecule has 1 aromatic heterocycles. The van der Waals surface area contributed by atoms with Gasteiger partial charge in [0.2, 0.25) is 0 Å². The maximum Gasteiger partial charge on any atom is 0.268 e. The maximum absolute atomic E-state index is 12.0. The molecule has 1 atom stereocenters. The van der Waals surface area contributed by atoms with E-state index in [9.17, 15) is 4.79 Å². The van der Waals surface area contributed by atoms with E-state index in [0.717, 1.165) is 43.2 Å². The second kappa shape index (κ2) is 6.96. The Labute approximate surface area is 118 Å². The first-order valence-corrected chi connectivity index (χ1v) is 8.00. The Morgan fingerprint density at radius 2 is 2.42 bits per heavy atom. The molecule has 0 aliphatic carbocycles. The van der Waals surface area contributed by atoms with Gasteiger partial charge in [-0.3, -0.25) is 4.79 Å². The minimum atomic E-state index is -0.00889. The molecule has 0 amide bonds. The van der Waals surface area contributed by atoms with Crippen molar-refractivity contribution in [3.8, 4) is 0 Å². The molecule has 0 radical (unpaired) electrons. The van der Waals surface area contributed by atoms with E-state index in [1.807, 2.05) is 11.8 Å². The minimum absolute atomic E-state index is 0.00889. The highest BCUT2D eigenvalue weighted by atomic mass is 32.2. The summed E-state index contributed by atoms with van der Waals surface area (Å²) in [6.07, 6.45) is 2.91. The van der Waals surface area contributed by atoms with Crippen LogP contribution in [0.15, 0.2) is 17.1 Å². The highest BCUT2D eigenvalue weighted by Crippen LogP contribution is 2.21. The summed E-state index contributed by atoms with van der Waals surface area (Å²) in [4.78, 5) is 14.2. The van der Waals surface area contributed by atoms with Crippen molar-refractivity contribution in [1.29, 1.82) is 0 Å². The van der Waals surface area contributed by atoms with Gasteiger partial charge >= 0.3 is 0 Å². The molecule has 2 N–H and O–H groups in total. The van der Waals surface area contributed by atoms with Crippen LogP contribution in [-0.2, 0) is 6.54 Å². The van der Waals surface area contributed by atoms with Gasteiger partial charge in [-0.25, -0.2) is 4.68 Å². The Morgan fingerprint density at radius 1 is 1.58 bits per heavy atom. The fourth-order valence-corrected chi connectivity index (χ4v) is 2.91. The Hall–Kier alpha value is -1.01. The van der Waals surface area contributed by atoms with Crippen LogP contribution in [-0.4, -0.2) is 40.9 Å². The molecule has 0 aromatic carbocycles. The van der Waals surface area contributed by atoms with Gasteiger partial charge in [0.15, 0.2) is 0 Å². The summed E-state index contributed by atoms with van der Waals surface area (Å²) >= 11 is 1.82. The third kappa shape index (κ3) is 3.73. The number of aromatic nitrogens is 2. The van der Waals surface area contributed by atoms with Crippen LogP contribution in [0.3, 0.4) is 0 Å². The van der Waals surface area contributed by atoms with E-state index in [0.29, 0.717) is 12.5 Å². The van der Waals surface area contributed by atoms with Crippen LogP contribution in [0.2, 0.25) is 0 Å². The van der Waals surface area contributed by atoms with E-state index in [1.165, 1.54) is 0 Å². The van der Waals surface area contributed by atoms with Crippen molar-refractivity contribution < 1.29 is 0 Å². The average molecular weight is 282 g/mol. The average Bonchev–Trinajstić information content (AvgIpc) is 2.89. The zero-order valence-corrected chi connectivity index (χ0v) is 12.2. The molecule has 19 heavy (non-hydrogen) atoms. The lowest BCUT2D eigenvalue weighted by atomic mass is 10.1. The molecule has 1 aromatic rings. The standard InChI is InChI=1S/C13H22N4OS/c1-2-19-6-5-17-13(18)7-12(9-15-17)16-4-3-11(8-14)10-16/h7,9,11H,2-6,8,10,14H2,1H3. The smallest absolute Gasteiger partial charge is 0.268 e. The zero-order valence-electron chi connectivity index (χ0n) is 11.4. The Bertz CT molecular complexity index is 462. The molecule has 6 heteroatoms. The van der Waals surface area contributed by atoms with Gasteiger partial charge in [0.25, 0.3) is 5.56 Å². The lowest BCUT2D eigenvalue weighted by Crippen LogP contribution is -2.28. The minimum Gasteiger partial charge on any atom is -0.370 e. The van der Waals surface area contributed by atoms with Gasteiger partial charge in [-0.05, 0) is 24.6 Å². The van der Waals surface area contributed by atoms with Crippen molar-refractivity contribution in [2.75, 3.05) is 36.0 Å². The maximum atomic E-state index is 12.0. The largest absolute Gasteiger partial charge is 0.370 e. The molecule has 5 nitrogen and oxygen atoms in total. The van der Waals surface area contributed by atoms with E-state index in [1.54, 1.807) is 16.9 Å². The number of hydrogen-bond donors (Lipinski definition) is 1. The van der Waals surface area contributed by atoms with Crippen LogP contribution >= 0.6 is 11.8 Å². The van der Waals surface area contributed by atoms with Crippen molar-refractivity contribution in [2.24, 2.45) is 11.7 Å². The number of nitrogens with zero attached hydrogens (tertiary/aromatic N) is 3. The molecule has 2 heterocycles. The van der Waals surface area contributed by atoms with Gasteiger partial charge in [0.05, 0.1) is 18.4 Å². The first-order valence-electron chi connectivity index (χ1n) is 6.84. The van der Waals surface area contributed by atoms with E-state index in [4.69, 9.17) is 5.73 Å². The number of aryl methyl sites for hydroxylation is 1. The highest BCUT2D eigenvalue weighted by Gasteiger charge is 2.21. The van der Waals surface area contributed by atoms with Gasteiger partial charge in [0.1, 0.15) is 0 Å². The second-order valence-electron chi connectivity index (χ2n) is 4.81. The van der Waals surface area contributed by atoms with Crippen molar-refractivity contribution in [1.82, 2.24) is 9.78 Å². The van der Waals surface area contributed by atoms with Gasteiger partial charge < -0.3 is 10.6 Å². The molecule has 2 rings (SSSR count). The third-order valence-corrected chi connectivity index (χ3v) is 4.37. The predicted octanol–water partition coefficient (Wildman–Crippen LogP) is 0.781. The molecular formula is C13H22N4OS. The number of nitrogens with two attached hydrogens (primary N) is 1. The summed E-state index contributed by atoms with van der Waals surface area (Å²) in [6, 6.07) is 1.70. The van der Waals surface area contributed by atoms with Gasteiger partial charge in [0, 0.05) is 24.9 Å². The lowest BCUT2D eigenvalue weighted by molar-refractivity contribution is 0.600. The predicted molar refractivity (Wildman–Crippen MR) is 80.9 cm³/mol. The summed E-state index contributed by atoms with van der Waals surface area (Å²) in [5.41, 5.74) is 6.61. The van der Waals surface area contributed by atoms with Crippen LogP contribution < -0.4 is 16.2 Å². The molecular weight excluding hydrogens is 260 g/mol. The van der Waals surface area contributed by atoms with Crippen molar-refractivity contribution >= 4 is 17.4 Å². The Kier molecular flexibility index (Phi) is 5.27. The van der Waals surface area contributed by atoms with Gasteiger partial charge in [-0.2, -0.15) is 16.9 Å². The molecule has 0 bridgehead atoms. The molecule has 1 fully saturated rings. The van der Waals surface area contributed by atoms with Gasteiger partial charge in [-0.1, -0.05) is 6.92 Å². The molecule has 1 saturated heterocycles. The summed E-state index contributed by atoms with van der Waals surface area (Å²) in [5, 5.41) is 4.26. The van der Waals surface area contributed by atoms with Crippen LogP contribution in [0, 0.1) is 5.92 Å². The zero-order chi connectivity index (χ0) is 13.7. The van der Waals surface area contributed by atoms with Crippen LogP contribution in [0.25, 0.3) is 0 Å². The second-order valence-corrected chi connectivity index (χ2v) is 6.20. The summed E-state index contributed by atoms with van der Waals surface area (Å²) in [5.74, 6) is 2.55. The first-order chi connectivity index (χ1) is 9.24. The highest BCUT2D eigenvalue weighted by molar-refractivity contribution is 7.99. The third-order valence-electron chi connectivity index (χ3n) is 3.49. The summed E-state index contributed by atoms with van der Waals surface area (Å²) in [6.45, 7) is 5.43. The normalized spacial score (nSPS) is 19.1. The molecule has 1 aliphatic rings. The summed E-state index contributed by atoms with van der Waals surface area (Å²) in [7, 11) is 0. The Balaban J connectivity index is 2.00. The topological polar surface area (TPSA) is 64.2 Å². The fraction of sp³-hybridized carbons (Fsp3) is 0.692. The fourth-order valence-electron chi connectivity index (χ4n) is 2.32. The molecule has 0 saturated carbocycles. The van der Waals surface area contributed by atoms with Crippen LogP contribution in [0.1, 0.15) is 13.3 Å². The molecule has 1 aliphatic heterocycles. The van der Waals surface area contributed by atoms with Crippen molar-refractivity contribution in [3.63, 3.8) is 0 Å². The monoisotopic (exact) mass is 282 g/mol. The number of anilines is 1. The van der Waals surface area contributed by atoms with Crippen molar-refractivity contribution in [2.45, 2.75) is 19.9 Å². The lowest BCUT2D eigenvalue weighted by Gasteiger charge is -2.18.